The largest absolute Gasteiger partial charge is 2.00 e. The van der Waals surface area contributed by atoms with Gasteiger partial charge in [-0.15, -0.1) is 11.4 Å². The van der Waals surface area contributed by atoms with Crippen molar-refractivity contribution in [2.45, 2.75) is 315 Å². The Morgan fingerprint density at radius 2 is 0.645 bits per heavy atom. The van der Waals surface area contributed by atoms with E-state index in [1.54, 1.807) is 0 Å². The molecule has 0 N–H and O–H groups in total. The second kappa shape index (κ2) is 35.1. The number of benzene rings is 4. The average molecular weight is 1570 g/mol. The predicted octanol–water partition coefficient (Wildman–Crippen LogP) is 28.9. The molecular formula is C94H118Cl4CoN4O4. The molecule has 0 spiro atoms. The van der Waals surface area contributed by atoms with Gasteiger partial charge in [0.05, 0.1) is 21.5 Å². The molecular weight excluding hydrogens is 1450 g/mol. The summed E-state index contributed by atoms with van der Waals surface area (Å²) in [6.07, 6.45) is 35.1. The Bertz CT molecular complexity index is 4220. The van der Waals surface area contributed by atoms with Crippen LogP contribution in [0.15, 0.2) is 140 Å². The van der Waals surface area contributed by atoms with Gasteiger partial charge in [0.15, 0.2) is 5.76 Å². The second-order valence-corrected chi connectivity index (χ2v) is 37.8. The van der Waals surface area contributed by atoms with Gasteiger partial charge < -0.3 is 28.9 Å². The third-order valence-electron chi connectivity index (χ3n) is 24.3. The van der Waals surface area contributed by atoms with Crippen LogP contribution >= 0.6 is 46.4 Å². The summed E-state index contributed by atoms with van der Waals surface area (Å²) in [5, 5.41) is 2.85. The Labute approximate surface area is 672 Å². The normalized spacial score (nSPS) is 20.7. The number of hydrogen-bond donors (Lipinski definition) is 0. The zero-order valence-electron chi connectivity index (χ0n) is 66.2. The molecule has 0 atom stereocenters. The van der Waals surface area contributed by atoms with E-state index >= 15 is 0 Å². The van der Waals surface area contributed by atoms with E-state index in [-0.39, 0.29) is 50.3 Å². The molecule has 13 heteroatoms. The van der Waals surface area contributed by atoms with Gasteiger partial charge in [-0.2, -0.15) is 0 Å². The van der Waals surface area contributed by atoms with E-state index in [0.29, 0.717) is 68.1 Å². The molecule has 8 aliphatic rings. The van der Waals surface area contributed by atoms with Crippen LogP contribution < -0.4 is 28.9 Å². The second-order valence-electron chi connectivity index (χ2n) is 36.3. The van der Waals surface area contributed by atoms with Crippen LogP contribution in [0.4, 0.5) is 0 Å². The van der Waals surface area contributed by atoms with Crippen LogP contribution in [0.2, 0.25) is 10.0 Å². The summed E-state index contributed by atoms with van der Waals surface area (Å²) in [6, 6.07) is 33.8. The van der Waals surface area contributed by atoms with Gasteiger partial charge in [-0.05, 0) is 204 Å². The monoisotopic (exact) mass is 1570 g/mol. The Morgan fingerprint density at radius 3 is 1.04 bits per heavy atom. The standard InChI is InChI=1S/2C47H59Cl2N2O2.Co/c2*1-46(2,3)33-22-26-35(27-23-33)52-44-39(49)41(32-20-14-9-15-21-32)51-43(44)45(53-36-28-24-34(25-29-36)47(4,5)6)42-37(30-16-10-7-11-17-30)38(48)40(50-42)31-18-12-8-13-19-31;/h2*22-32H,7-21H2,1-6H3;/q2*-1;+2/b45-43+;45-42+;. The van der Waals surface area contributed by atoms with E-state index in [4.69, 9.17) is 85.3 Å². The summed E-state index contributed by atoms with van der Waals surface area (Å²) < 4.78 is 28.0. The summed E-state index contributed by atoms with van der Waals surface area (Å²) in [6.45, 7) is 26.8. The van der Waals surface area contributed by atoms with E-state index in [1.165, 1.54) is 138 Å². The Morgan fingerprint density at radius 1 is 0.336 bits per heavy atom. The summed E-state index contributed by atoms with van der Waals surface area (Å²) in [5.74, 6) is 7.09. The first-order chi connectivity index (χ1) is 50.8. The van der Waals surface area contributed by atoms with E-state index < -0.39 is 0 Å². The molecule has 107 heavy (non-hydrogen) atoms. The topological polar surface area (TPSA) is 89.8 Å². The van der Waals surface area contributed by atoms with Gasteiger partial charge in [0.2, 0.25) is 0 Å². The zero-order valence-corrected chi connectivity index (χ0v) is 70.2. The number of nitrogens with zero attached hydrogens (tertiary/aromatic N) is 4. The van der Waals surface area contributed by atoms with Crippen molar-refractivity contribution in [2.24, 2.45) is 27.7 Å². The number of ether oxygens (including phenoxy) is 4. The molecule has 4 aromatic carbocycles. The van der Waals surface area contributed by atoms with Crippen LogP contribution in [0.25, 0.3) is 11.5 Å². The van der Waals surface area contributed by atoms with Crippen LogP contribution in [0.3, 0.4) is 0 Å². The third-order valence-corrected chi connectivity index (χ3v) is 25.8. The molecule has 6 saturated carbocycles. The van der Waals surface area contributed by atoms with E-state index in [9.17, 15) is 0 Å². The van der Waals surface area contributed by atoms with Crippen molar-refractivity contribution in [3.63, 3.8) is 0 Å². The third kappa shape index (κ3) is 19.0. The molecule has 2 aliphatic heterocycles. The molecule has 0 amide bonds. The smallest absolute Gasteiger partial charge is 0.657 e. The molecule has 6 aliphatic carbocycles. The number of aromatic nitrogens is 2. The van der Waals surface area contributed by atoms with Crippen LogP contribution in [-0.4, -0.2) is 11.4 Å². The molecule has 6 aromatic rings. The van der Waals surface area contributed by atoms with Gasteiger partial charge in [0.1, 0.15) is 56.7 Å². The average Bonchev–Trinajstić information content (AvgIpc) is 1.60. The minimum atomic E-state index is 0. The van der Waals surface area contributed by atoms with Crippen LogP contribution in [0.1, 0.15) is 344 Å². The molecule has 6 fully saturated rings. The first kappa shape index (κ1) is 81.1. The summed E-state index contributed by atoms with van der Waals surface area (Å²) in [4.78, 5) is 22.0. The molecule has 4 heterocycles. The molecule has 2 aromatic heterocycles. The molecule has 0 unspecified atom stereocenters. The fraction of sp³-hybridized carbons (Fsp3) is 0.553. The fourth-order valence-corrected chi connectivity index (χ4v) is 19.3. The van der Waals surface area contributed by atoms with Gasteiger partial charge in [-0.3, -0.25) is 0 Å². The van der Waals surface area contributed by atoms with Crippen molar-refractivity contribution in [3.05, 3.63) is 190 Å². The maximum Gasteiger partial charge on any atom is 2.00 e. The summed E-state index contributed by atoms with van der Waals surface area (Å²) in [5.41, 5.74) is 14.1. The van der Waals surface area contributed by atoms with Crippen LogP contribution in [0.5, 0.6) is 28.7 Å². The fourth-order valence-electron chi connectivity index (χ4n) is 17.8. The van der Waals surface area contributed by atoms with Gasteiger partial charge in [-0.25, -0.2) is 9.98 Å². The Balaban J connectivity index is 0.000000198. The number of aliphatic imine (C=N–C) groups is 2. The molecule has 0 saturated heterocycles. The van der Waals surface area contributed by atoms with Crippen molar-refractivity contribution in [1.29, 1.82) is 0 Å². The van der Waals surface area contributed by atoms with Crippen molar-refractivity contribution in [1.82, 2.24) is 9.97 Å². The molecule has 1 radical (unpaired) electrons. The van der Waals surface area contributed by atoms with Gasteiger partial charge >= 0.3 is 16.8 Å². The molecule has 575 valence electrons. The number of allylic oxidation sites excluding steroid dienone is 3. The minimum Gasteiger partial charge on any atom is -0.657 e. The number of hydrogen-bond acceptors (Lipinski definition) is 6. The predicted molar refractivity (Wildman–Crippen MR) is 444 cm³/mol. The Kier molecular flexibility index (Phi) is 26.6. The first-order valence-electron chi connectivity index (χ1n) is 41.1. The molecule has 0 bridgehead atoms. The SMILES string of the molecule is CC(C)(C)c1ccc(O/C(=C2/N=C(C3CCCCC3)C(Cl)=C2C2CCCCC2)c2[n-]c(C3CCCCC3)c(Cl)c2Oc2ccc(C(C)(C)C)cc2)cc1.CC(C)(C)c1ccc(OC2=C(Cl)C(C3CCCCC3)=N/C2=C(/Oc2ccc(C(C)(C)C)cc2)c2[n-]c(C3CCCCC3)c(Cl)c2C2CCCCC2)cc1.[Co+2]. The number of halogens is 4. The Hall–Kier alpha value is -5.39. The van der Waals surface area contributed by atoms with Crippen molar-refractivity contribution in [2.75, 3.05) is 0 Å². The summed E-state index contributed by atoms with van der Waals surface area (Å²) in [7, 11) is 0. The van der Waals surface area contributed by atoms with E-state index in [1.807, 2.05) is 24.3 Å². The molecule has 14 rings (SSSR count). The summed E-state index contributed by atoms with van der Waals surface area (Å²) >= 11 is 30.1. The zero-order chi connectivity index (χ0) is 74.7. The number of rotatable bonds is 16. The van der Waals surface area contributed by atoms with Gasteiger partial charge in [-0.1, -0.05) is 299 Å². The molecule has 8 nitrogen and oxygen atoms in total. The van der Waals surface area contributed by atoms with E-state index in [2.05, 4.69) is 156 Å². The van der Waals surface area contributed by atoms with Gasteiger partial charge in [0, 0.05) is 22.4 Å². The van der Waals surface area contributed by atoms with Crippen molar-refractivity contribution in [3.8, 4) is 28.7 Å². The van der Waals surface area contributed by atoms with Crippen LogP contribution in [-0.2, 0) is 38.4 Å². The quantitative estimate of drug-likeness (QED) is 0.0897. The van der Waals surface area contributed by atoms with Crippen molar-refractivity contribution >= 4 is 69.3 Å². The van der Waals surface area contributed by atoms with E-state index in [0.717, 1.165) is 155 Å². The first-order valence-corrected chi connectivity index (χ1v) is 42.6. The van der Waals surface area contributed by atoms with Crippen molar-refractivity contribution < 1.29 is 35.7 Å². The minimum absolute atomic E-state index is 0. The van der Waals surface area contributed by atoms with Crippen LogP contribution in [0, 0.1) is 17.8 Å². The van der Waals surface area contributed by atoms with Gasteiger partial charge in [0.25, 0.3) is 0 Å². The maximum absolute atomic E-state index is 7.57. The maximum atomic E-state index is 7.57.